The molecular formula is C16H25N5S. The Morgan fingerprint density at radius 3 is 2.82 bits per heavy atom. The van der Waals surface area contributed by atoms with Crippen molar-refractivity contribution in [1.82, 2.24) is 20.4 Å². The molecule has 22 heavy (non-hydrogen) atoms. The van der Waals surface area contributed by atoms with Gasteiger partial charge in [0, 0.05) is 42.0 Å². The van der Waals surface area contributed by atoms with Crippen LogP contribution in [0.2, 0.25) is 0 Å². The van der Waals surface area contributed by atoms with Crippen LogP contribution in [0.15, 0.2) is 29.5 Å². The molecule has 2 aromatic heterocycles. The van der Waals surface area contributed by atoms with Crippen molar-refractivity contribution in [1.29, 1.82) is 0 Å². The second-order valence-electron chi connectivity index (χ2n) is 5.54. The lowest BCUT2D eigenvalue weighted by atomic mass is 10.2. The number of hydrogen-bond acceptors (Lipinski definition) is 3. The average Bonchev–Trinajstić information content (AvgIpc) is 3.06. The van der Waals surface area contributed by atoms with E-state index in [2.05, 4.69) is 46.7 Å². The molecule has 0 saturated heterocycles. The molecule has 0 bridgehead atoms. The summed E-state index contributed by atoms with van der Waals surface area (Å²) in [6.45, 7) is 7.99. The van der Waals surface area contributed by atoms with E-state index in [1.807, 2.05) is 35.3 Å². The van der Waals surface area contributed by atoms with Gasteiger partial charge < -0.3 is 10.6 Å². The van der Waals surface area contributed by atoms with E-state index < -0.39 is 0 Å². The molecule has 0 aliphatic heterocycles. The van der Waals surface area contributed by atoms with Crippen molar-refractivity contribution in [2.45, 2.75) is 39.8 Å². The molecule has 0 aromatic carbocycles. The lowest BCUT2D eigenvalue weighted by molar-refractivity contribution is 0.586. The van der Waals surface area contributed by atoms with Crippen LogP contribution in [0.5, 0.6) is 0 Å². The molecule has 2 aromatic rings. The van der Waals surface area contributed by atoms with Gasteiger partial charge >= 0.3 is 0 Å². The van der Waals surface area contributed by atoms with Crippen LogP contribution in [-0.2, 0) is 13.0 Å². The lowest BCUT2D eigenvalue weighted by Crippen LogP contribution is -2.43. The van der Waals surface area contributed by atoms with E-state index >= 15 is 0 Å². The van der Waals surface area contributed by atoms with Gasteiger partial charge in [-0.1, -0.05) is 0 Å². The summed E-state index contributed by atoms with van der Waals surface area (Å²) in [7, 11) is 1.80. The van der Waals surface area contributed by atoms with Crippen LogP contribution in [0.4, 0.5) is 0 Å². The zero-order valence-corrected chi connectivity index (χ0v) is 14.6. The second kappa shape index (κ2) is 7.98. The van der Waals surface area contributed by atoms with Crippen molar-refractivity contribution in [3.8, 4) is 0 Å². The van der Waals surface area contributed by atoms with E-state index in [0.29, 0.717) is 6.04 Å². The Morgan fingerprint density at radius 1 is 1.41 bits per heavy atom. The summed E-state index contributed by atoms with van der Waals surface area (Å²) in [4.78, 5) is 7.04. The van der Waals surface area contributed by atoms with Crippen LogP contribution in [0.3, 0.4) is 0 Å². The first-order valence-corrected chi connectivity index (χ1v) is 8.40. The molecule has 0 amide bonds. The van der Waals surface area contributed by atoms with Gasteiger partial charge in [-0.15, -0.1) is 11.3 Å². The molecule has 0 fully saturated rings. The quantitative estimate of drug-likeness (QED) is 0.635. The van der Waals surface area contributed by atoms with Gasteiger partial charge in [0.25, 0.3) is 0 Å². The Morgan fingerprint density at radius 2 is 2.23 bits per heavy atom. The molecule has 0 radical (unpaired) electrons. The summed E-state index contributed by atoms with van der Waals surface area (Å²) in [6, 6.07) is 4.72. The number of aromatic nitrogens is 2. The first-order valence-electron chi connectivity index (χ1n) is 7.58. The molecule has 1 unspecified atom stereocenters. The third-order valence-electron chi connectivity index (χ3n) is 3.31. The number of hydrogen-bond donors (Lipinski definition) is 2. The molecule has 6 heteroatoms. The van der Waals surface area contributed by atoms with E-state index in [4.69, 9.17) is 0 Å². The smallest absolute Gasteiger partial charge is 0.191 e. The fourth-order valence-electron chi connectivity index (χ4n) is 2.25. The molecular weight excluding hydrogens is 294 g/mol. The maximum Gasteiger partial charge on any atom is 0.191 e. The Labute approximate surface area is 136 Å². The van der Waals surface area contributed by atoms with Crippen LogP contribution in [0.25, 0.3) is 0 Å². The molecule has 1 atom stereocenters. The van der Waals surface area contributed by atoms with Crippen LogP contribution in [0, 0.1) is 13.8 Å². The van der Waals surface area contributed by atoms with Crippen molar-refractivity contribution in [3.05, 3.63) is 39.8 Å². The van der Waals surface area contributed by atoms with E-state index in [1.165, 1.54) is 15.3 Å². The summed E-state index contributed by atoms with van der Waals surface area (Å²) in [5.74, 6) is 0.838. The van der Waals surface area contributed by atoms with Crippen molar-refractivity contribution in [3.63, 3.8) is 0 Å². The SMILES string of the molecule is CN=C(NCCn1cc(C)cn1)NC(C)Cc1ccc(C)s1. The van der Waals surface area contributed by atoms with Gasteiger partial charge in [0.1, 0.15) is 0 Å². The highest BCUT2D eigenvalue weighted by Crippen LogP contribution is 2.16. The highest BCUT2D eigenvalue weighted by atomic mass is 32.1. The molecule has 0 spiro atoms. The monoisotopic (exact) mass is 319 g/mol. The van der Waals surface area contributed by atoms with E-state index in [-0.39, 0.29) is 0 Å². The molecule has 2 rings (SSSR count). The highest BCUT2D eigenvalue weighted by Gasteiger charge is 2.07. The van der Waals surface area contributed by atoms with Gasteiger partial charge in [-0.2, -0.15) is 5.10 Å². The summed E-state index contributed by atoms with van der Waals surface area (Å²) in [5.41, 5.74) is 1.18. The third kappa shape index (κ3) is 5.18. The average molecular weight is 319 g/mol. The Bertz CT molecular complexity index is 614. The highest BCUT2D eigenvalue weighted by molar-refractivity contribution is 7.11. The minimum Gasteiger partial charge on any atom is -0.355 e. The maximum atomic E-state index is 4.28. The predicted octanol–water partition coefficient (Wildman–Crippen LogP) is 2.36. The lowest BCUT2D eigenvalue weighted by Gasteiger charge is -2.17. The minimum atomic E-state index is 0.344. The summed E-state index contributed by atoms with van der Waals surface area (Å²) >= 11 is 1.86. The largest absolute Gasteiger partial charge is 0.355 e. The van der Waals surface area contributed by atoms with Crippen molar-refractivity contribution < 1.29 is 0 Å². The fourth-order valence-corrected chi connectivity index (χ4v) is 3.27. The molecule has 0 saturated carbocycles. The Balaban J connectivity index is 1.74. The van der Waals surface area contributed by atoms with E-state index in [1.54, 1.807) is 7.05 Å². The molecule has 2 heterocycles. The molecule has 0 aliphatic carbocycles. The predicted molar refractivity (Wildman–Crippen MR) is 93.7 cm³/mol. The summed E-state index contributed by atoms with van der Waals surface area (Å²) in [5, 5.41) is 11.0. The first-order chi connectivity index (χ1) is 10.6. The maximum absolute atomic E-state index is 4.28. The van der Waals surface area contributed by atoms with Crippen LogP contribution in [0.1, 0.15) is 22.2 Å². The van der Waals surface area contributed by atoms with Gasteiger partial charge in [-0.3, -0.25) is 9.67 Å². The standard InChI is InChI=1S/C16H25N5S/c1-12-10-19-21(11-12)8-7-18-16(17-4)20-13(2)9-15-6-5-14(3)22-15/h5-6,10-11,13H,7-9H2,1-4H3,(H2,17,18,20). The number of guanidine groups is 1. The number of rotatable bonds is 6. The van der Waals surface area contributed by atoms with Gasteiger partial charge in [0.05, 0.1) is 12.7 Å². The summed E-state index contributed by atoms with van der Waals surface area (Å²) < 4.78 is 1.94. The molecule has 0 aliphatic rings. The summed E-state index contributed by atoms with van der Waals surface area (Å²) in [6.07, 6.45) is 4.93. The minimum absolute atomic E-state index is 0.344. The van der Waals surface area contributed by atoms with Crippen molar-refractivity contribution in [2.75, 3.05) is 13.6 Å². The molecule has 120 valence electrons. The van der Waals surface area contributed by atoms with E-state index in [9.17, 15) is 0 Å². The molecule has 2 N–H and O–H groups in total. The van der Waals surface area contributed by atoms with Crippen molar-refractivity contribution >= 4 is 17.3 Å². The van der Waals surface area contributed by atoms with Gasteiger partial charge in [0.15, 0.2) is 5.96 Å². The topological polar surface area (TPSA) is 54.2 Å². The van der Waals surface area contributed by atoms with Crippen LogP contribution >= 0.6 is 11.3 Å². The van der Waals surface area contributed by atoms with Gasteiger partial charge in [-0.05, 0) is 38.5 Å². The first kappa shape index (κ1) is 16.5. The van der Waals surface area contributed by atoms with Gasteiger partial charge in [-0.25, -0.2) is 0 Å². The number of aryl methyl sites for hydroxylation is 2. The number of thiophene rings is 1. The van der Waals surface area contributed by atoms with E-state index in [0.717, 1.165) is 25.5 Å². The zero-order valence-electron chi connectivity index (χ0n) is 13.8. The normalized spacial score (nSPS) is 13.2. The number of nitrogens with zero attached hydrogens (tertiary/aromatic N) is 3. The second-order valence-corrected chi connectivity index (χ2v) is 6.91. The number of nitrogens with one attached hydrogen (secondary N) is 2. The van der Waals surface area contributed by atoms with Crippen LogP contribution in [-0.4, -0.2) is 35.4 Å². The van der Waals surface area contributed by atoms with Crippen molar-refractivity contribution in [2.24, 2.45) is 4.99 Å². The van der Waals surface area contributed by atoms with Gasteiger partial charge in [0.2, 0.25) is 0 Å². The zero-order chi connectivity index (χ0) is 15.9. The number of aliphatic imine (C=N–C) groups is 1. The fraction of sp³-hybridized carbons (Fsp3) is 0.500. The Hall–Kier alpha value is -1.82. The van der Waals surface area contributed by atoms with Crippen LogP contribution < -0.4 is 10.6 Å². The molecule has 5 nitrogen and oxygen atoms in total. The Kier molecular flexibility index (Phi) is 6.00. The third-order valence-corrected chi connectivity index (χ3v) is 4.33.